The zero-order chi connectivity index (χ0) is 24.1. The first-order valence-corrected chi connectivity index (χ1v) is 12.3. The number of carbonyl (C=O) groups is 2. The van der Waals surface area contributed by atoms with Gasteiger partial charge in [-0.3, -0.25) is 9.59 Å². The van der Waals surface area contributed by atoms with Crippen LogP contribution in [0.25, 0.3) is 0 Å². The maximum Gasteiger partial charge on any atom is 0.307 e. The van der Waals surface area contributed by atoms with Gasteiger partial charge >= 0.3 is 5.97 Å². The van der Waals surface area contributed by atoms with Crippen LogP contribution in [0.2, 0.25) is 0 Å². The molecule has 2 aromatic carbocycles. The number of phenols is 1. The third-order valence-electron chi connectivity index (χ3n) is 4.40. The number of rotatable bonds is 9. The zero-order valence-corrected chi connectivity index (χ0v) is 22.0. The Labute approximate surface area is 203 Å². The molecule has 3 atom stereocenters. The van der Waals surface area contributed by atoms with Gasteiger partial charge in [0.1, 0.15) is 16.8 Å². The number of ether oxygens (including phenoxy) is 2. The van der Waals surface area contributed by atoms with Crippen molar-refractivity contribution >= 4 is 52.2 Å². The summed E-state index contributed by atoms with van der Waals surface area (Å²) in [5.74, 6) is -0.634. The summed E-state index contributed by atoms with van der Waals surface area (Å²) in [6, 6.07) is 6.86. The molecule has 8 nitrogen and oxygen atoms in total. The molecule has 0 aliphatic heterocycles. The van der Waals surface area contributed by atoms with Gasteiger partial charge in [-0.1, -0.05) is 0 Å². The Balaban J connectivity index is 2.23. The highest BCUT2D eigenvalue weighted by molar-refractivity contribution is 9.11. The molecular formula is C21H24Br2NO7P. The maximum atomic E-state index is 12.6. The molecule has 1 amide bonds. The molecule has 0 saturated carbocycles. The van der Waals surface area contributed by atoms with E-state index < -0.39 is 31.7 Å². The molecule has 0 aromatic heterocycles. The summed E-state index contributed by atoms with van der Waals surface area (Å²) in [4.78, 5) is 24.2. The van der Waals surface area contributed by atoms with E-state index in [1.807, 2.05) is 0 Å². The Morgan fingerprint density at radius 3 is 2.41 bits per heavy atom. The number of phenolic OH excluding ortho intramolecular Hbond substituents is 1. The highest BCUT2D eigenvalue weighted by Crippen LogP contribution is 2.42. The molecule has 3 unspecified atom stereocenters. The van der Waals surface area contributed by atoms with E-state index in [0.717, 1.165) is 0 Å². The van der Waals surface area contributed by atoms with Gasteiger partial charge in [0, 0.05) is 6.04 Å². The fourth-order valence-electron chi connectivity index (χ4n) is 2.72. The number of halogens is 2. The van der Waals surface area contributed by atoms with Gasteiger partial charge in [-0.2, -0.15) is 0 Å². The van der Waals surface area contributed by atoms with Crippen LogP contribution in [-0.4, -0.2) is 34.7 Å². The number of aromatic hydroxyl groups is 1. The van der Waals surface area contributed by atoms with Gasteiger partial charge in [0.05, 0.1) is 36.0 Å². The van der Waals surface area contributed by atoms with Gasteiger partial charge in [-0.25, -0.2) is 0 Å². The minimum atomic E-state index is -1.47. The van der Waals surface area contributed by atoms with Gasteiger partial charge in [0.2, 0.25) is 0 Å². The van der Waals surface area contributed by atoms with Gasteiger partial charge in [-0.05, 0) is 88.5 Å². The maximum absolute atomic E-state index is 12.6. The van der Waals surface area contributed by atoms with E-state index in [2.05, 4.69) is 37.2 Å². The van der Waals surface area contributed by atoms with Crippen molar-refractivity contribution in [2.45, 2.75) is 38.6 Å². The molecule has 2 aromatic rings. The third kappa shape index (κ3) is 6.81. The van der Waals surface area contributed by atoms with E-state index in [0.29, 0.717) is 20.3 Å². The minimum absolute atomic E-state index is 0.00236. The molecule has 0 bridgehead atoms. The van der Waals surface area contributed by atoms with Gasteiger partial charge < -0.3 is 29.6 Å². The van der Waals surface area contributed by atoms with E-state index >= 15 is 0 Å². The molecule has 0 aliphatic rings. The van der Waals surface area contributed by atoms with Crippen LogP contribution in [0, 0.1) is 0 Å². The van der Waals surface area contributed by atoms with E-state index in [9.17, 15) is 24.4 Å². The molecule has 174 valence electrons. The molecule has 0 heterocycles. The van der Waals surface area contributed by atoms with Crippen molar-refractivity contribution in [1.29, 1.82) is 0 Å². The van der Waals surface area contributed by atoms with Crippen molar-refractivity contribution < 1.29 is 33.8 Å². The molecule has 0 spiro atoms. The SMILES string of the molecule is CCOC(=O)CC(C)NC(=O)c1cc(Oc2c(Br)cc(C(C)(O)[PH2]=O)cc2Br)ccc1O. The molecule has 11 heteroatoms. The highest BCUT2D eigenvalue weighted by atomic mass is 79.9. The normalized spacial score (nSPS) is 14.1. The van der Waals surface area contributed by atoms with E-state index in [4.69, 9.17) is 9.47 Å². The summed E-state index contributed by atoms with van der Waals surface area (Å²) >= 11 is 6.75. The number of aliphatic hydroxyl groups is 1. The number of hydrogen-bond acceptors (Lipinski definition) is 7. The number of esters is 1. The summed E-state index contributed by atoms with van der Waals surface area (Å²) in [6.07, 6.45) is -0.00236. The summed E-state index contributed by atoms with van der Waals surface area (Å²) in [6.45, 7) is 5.06. The van der Waals surface area contributed by atoms with Gasteiger partial charge in [-0.15, -0.1) is 0 Å². The van der Waals surface area contributed by atoms with Crippen LogP contribution in [0.5, 0.6) is 17.2 Å². The zero-order valence-electron chi connectivity index (χ0n) is 17.6. The lowest BCUT2D eigenvalue weighted by Crippen LogP contribution is -2.34. The first-order chi connectivity index (χ1) is 15.0. The van der Waals surface area contributed by atoms with Crippen molar-refractivity contribution in [3.63, 3.8) is 0 Å². The van der Waals surface area contributed by atoms with Crippen molar-refractivity contribution in [3.8, 4) is 17.2 Å². The smallest absolute Gasteiger partial charge is 0.307 e. The molecule has 0 radical (unpaired) electrons. The predicted molar refractivity (Wildman–Crippen MR) is 128 cm³/mol. The number of nitrogens with one attached hydrogen (secondary N) is 1. The number of amides is 1. The predicted octanol–water partition coefficient (Wildman–Crippen LogP) is 4.70. The van der Waals surface area contributed by atoms with Gasteiger partial charge in [0.25, 0.3) is 5.91 Å². The Morgan fingerprint density at radius 2 is 1.84 bits per heavy atom. The fraction of sp³-hybridized carbons (Fsp3) is 0.333. The van der Waals surface area contributed by atoms with Crippen LogP contribution in [0.15, 0.2) is 39.3 Å². The second-order valence-corrected chi connectivity index (χ2v) is 10.3. The fourth-order valence-corrected chi connectivity index (χ4v) is 4.37. The Kier molecular flexibility index (Phi) is 9.33. The first kappa shape index (κ1) is 26.4. The van der Waals surface area contributed by atoms with E-state index in [1.54, 1.807) is 26.0 Å². The Bertz CT molecular complexity index is 1010. The minimum Gasteiger partial charge on any atom is -0.507 e. The average Bonchev–Trinajstić information content (AvgIpc) is 2.71. The molecule has 0 fully saturated rings. The standard InChI is InChI=1S/C21H24Br2NO7P/c1-4-30-18(26)7-11(2)24-20(27)14-10-13(5-6-17(14)25)31-19-15(22)8-12(9-16(19)23)21(3,28)32-29/h5-6,8-11,25,28H,4,7,32H2,1-3H3,(H,24,27). The molecule has 0 saturated heterocycles. The van der Waals surface area contributed by atoms with Crippen LogP contribution in [0.4, 0.5) is 0 Å². The third-order valence-corrected chi connectivity index (χ3v) is 6.37. The van der Waals surface area contributed by atoms with Crippen LogP contribution in [0.3, 0.4) is 0 Å². The second kappa shape index (κ2) is 11.3. The van der Waals surface area contributed by atoms with Crippen molar-refractivity contribution in [3.05, 3.63) is 50.4 Å². The first-order valence-electron chi connectivity index (χ1n) is 9.64. The van der Waals surface area contributed by atoms with Crippen molar-refractivity contribution in [1.82, 2.24) is 5.32 Å². The Morgan fingerprint density at radius 1 is 1.22 bits per heavy atom. The molecule has 3 N–H and O–H groups in total. The topological polar surface area (TPSA) is 122 Å². The average molecular weight is 593 g/mol. The summed E-state index contributed by atoms with van der Waals surface area (Å²) in [5, 5.41) is 21.6. The second-order valence-electron chi connectivity index (χ2n) is 7.20. The van der Waals surface area contributed by atoms with E-state index in [1.165, 1.54) is 25.1 Å². The quantitative estimate of drug-likeness (QED) is 0.285. The van der Waals surface area contributed by atoms with Crippen molar-refractivity contribution in [2.24, 2.45) is 0 Å². The van der Waals surface area contributed by atoms with Crippen molar-refractivity contribution in [2.75, 3.05) is 6.61 Å². The highest BCUT2D eigenvalue weighted by Gasteiger charge is 2.24. The van der Waals surface area contributed by atoms with Crippen LogP contribution >= 0.6 is 40.3 Å². The van der Waals surface area contributed by atoms with E-state index in [-0.39, 0.29) is 30.1 Å². The lowest BCUT2D eigenvalue weighted by Gasteiger charge is -2.20. The van der Waals surface area contributed by atoms with Gasteiger partial charge in [0.15, 0.2) is 5.75 Å². The summed E-state index contributed by atoms with van der Waals surface area (Å²) in [7, 11) is -1.47. The largest absolute Gasteiger partial charge is 0.507 e. The number of benzene rings is 2. The monoisotopic (exact) mass is 591 g/mol. The Hall–Kier alpha value is -1.87. The van der Waals surface area contributed by atoms with Crippen LogP contribution in [0.1, 0.15) is 43.1 Å². The number of hydrogen-bond donors (Lipinski definition) is 3. The lowest BCUT2D eigenvalue weighted by molar-refractivity contribution is -0.143. The molecule has 2 rings (SSSR count). The molecule has 0 aliphatic carbocycles. The lowest BCUT2D eigenvalue weighted by atomic mass is 10.1. The summed E-state index contributed by atoms with van der Waals surface area (Å²) in [5.41, 5.74) is 0.412. The molecule has 32 heavy (non-hydrogen) atoms. The van der Waals surface area contributed by atoms with Crippen LogP contribution in [-0.2, 0) is 19.4 Å². The molecular weight excluding hydrogens is 569 g/mol. The van der Waals surface area contributed by atoms with Crippen LogP contribution < -0.4 is 10.1 Å². The summed E-state index contributed by atoms with van der Waals surface area (Å²) < 4.78 is 23.0. The number of carbonyl (C=O) groups excluding carboxylic acids is 2.